The quantitative estimate of drug-likeness (QED) is 0.855. The summed E-state index contributed by atoms with van der Waals surface area (Å²) in [5, 5.41) is 0. The van der Waals surface area contributed by atoms with Gasteiger partial charge in [-0.3, -0.25) is 0 Å². The predicted octanol–water partition coefficient (Wildman–Crippen LogP) is 3.56. The second-order valence-electron chi connectivity index (χ2n) is 5.79. The summed E-state index contributed by atoms with van der Waals surface area (Å²) in [5.41, 5.74) is 0. The standard InChI is InChI=1S/C15H22BrNO3S/c1-11-4-3-5-12(8-11)10-17-21(18,19)13-6-7-15(20-2)14(16)9-13/h6-7,9,11-12,17H,3-5,8,10H2,1-2H3. The van der Waals surface area contributed by atoms with Gasteiger partial charge in [0, 0.05) is 6.54 Å². The Morgan fingerprint density at radius 1 is 1.38 bits per heavy atom. The summed E-state index contributed by atoms with van der Waals surface area (Å²) in [6.45, 7) is 2.76. The van der Waals surface area contributed by atoms with Crippen LogP contribution >= 0.6 is 15.9 Å². The summed E-state index contributed by atoms with van der Waals surface area (Å²) in [4.78, 5) is 0.263. The van der Waals surface area contributed by atoms with Crippen LogP contribution in [0.1, 0.15) is 32.6 Å². The zero-order chi connectivity index (χ0) is 15.5. The molecule has 1 aromatic carbocycles. The van der Waals surface area contributed by atoms with E-state index in [1.165, 1.54) is 12.8 Å². The maximum atomic E-state index is 12.3. The number of halogens is 1. The van der Waals surface area contributed by atoms with E-state index >= 15 is 0 Å². The first-order chi connectivity index (χ1) is 9.92. The summed E-state index contributed by atoms with van der Waals surface area (Å²) in [6.07, 6.45) is 4.67. The lowest BCUT2D eigenvalue weighted by Gasteiger charge is -2.26. The molecule has 0 heterocycles. The van der Waals surface area contributed by atoms with Crippen molar-refractivity contribution in [2.24, 2.45) is 11.8 Å². The number of hydrogen-bond donors (Lipinski definition) is 1. The van der Waals surface area contributed by atoms with Crippen LogP contribution in [0.25, 0.3) is 0 Å². The maximum Gasteiger partial charge on any atom is 0.240 e. The van der Waals surface area contributed by atoms with Crippen LogP contribution in [0.4, 0.5) is 0 Å². The van der Waals surface area contributed by atoms with Crippen molar-refractivity contribution < 1.29 is 13.2 Å². The molecule has 118 valence electrons. The van der Waals surface area contributed by atoms with Crippen LogP contribution < -0.4 is 9.46 Å². The molecule has 2 atom stereocenters. The highest BCUT2D eigenvalue weighted by molar-refractivity contribution is 9.10. The molecule has 0 aliphatic heterocycles. The van der Waals surface area contributed by atoms with E-state index in [1.54, 1.807) is 25.3 Å². The summed E-state index contributed by atoms with van der Waals surface area (Å²) < 4.78 is 33.2. The Hall–Kier alpha value is -0.590. The number of rotatable bonds is 5. The van der Waals surface area contributed by atoms with Gasteiger partial charge in [-0.25, -0.2) is 13.1 Å². The molecule has 0 spiro atoms. The topological polar surface area (TPSA) is 55.4 Å². The van der Waals surface area contributed by atoms with E-state index in [2.05, 4.69) is 27.6 Å². The van der Waals surface area contributed by atoms with E-state index in [1.807, 2.05) is 0 Å². The number of hydrogen-bond acceptors (Lipinski definition) is 3. The summed E-state index contributed by atoms with van der Waals surface area (Å²) in [6, 6.07) is 4.79. The first-order valence-electron chi connectivity index (χ1n) is 7.25. The van der Waals surface area contributed by atoms with Crippen LogP contribution in [0.3, 0.4) is 0 Å². The van der Waals surface area contributed by atoms with Gasteiger partial charge in [-0.1, -0.05) is 19.8 Å². The smallest absolute Gasteiger partial charge is 0.240 e. The highest BCUT2D eigenvalue weighted by Crippen LogP contribution is 2.29. The molecule has 1 aliphatic rings. The van der Waals surface area contributed by atoms with Crippen LogP contribution in [-0.4, -0.2) is 22.1 Å². The Morgan fingerprint density at radius 3 is 2.76 bits per heavy atom. The van der Waals surface area contributed by atoms with E-state index in [9.17, 15) is 8.42 Å². The van der Waals surface area contributed by atoms with Gasteiger partial charge in [0.15, 0.2) is 0 Å². The van der Waals surface area contributed by atoms with Crippen molar-refractivity contribution in [3.8, 4) is 5.75 Å². The molecule has 0 bridgehead atoms. The van der Waals surface area contributed by atoms with Gasteiger partial charge in [0.05, 0.1) is 16.5 Å². The van der Waals surface area contributed by atoms with E-state index < -0.39 is 10.0 Å². The molecular formula is C15H22BrNO3S. The third kappa shape index (κ3) is 4.44. The number of ether oxygens (including phenoxy) is 1. The number of sulfonamides is 1. The van der Waals surface area contributed by atoms with E-state index in [-0.39, 0.29) is 4.90 Å². The lowest BCUT2D eigenvalue weighted by molar-refractivity contribution is 0.283. The first kappa shape index (κ1) is 16.8. The van der Waals surface area contributed by atoms with Gasteiger partial charge in [0.1, 0.15) is 5.75 Å². The van der Waals surface area contributed by atoms with Crippen LogP contribution in [0.5, 0.6) is 5.75 Å². The van der Waals surface area contributed by atoms with Gasteiger partial charge in [-0.15, -0.1) is 0 Å². The first-order valence-corrected chi connectivity index (χ1v) is 9.53. The molecule has 2 unspecified atom stereocenters. The summed E-state index contributed by atoms with van der Waals surface area (Å²) >= 11 is 3.32. The molecule has 1 aromatic rings. The second-order valence-corrected chi connectivity index (χ2v) is 8.41. The van der Waals surface area contributed by atoms with Crippen molar-refractivity contribution in [3.63, 3.8) is 0 Å². The van der Waals surface area contributed by atoms with Gasteiger partial charge in [-0.2, -0.15) is 0 Å². The molecular weight excluding hydrogens is 354 g/mol. The van der Waals surface area contributed by atoms with Crippen LogP contribution in [0.2, 0.25) is 0 Å². The van der Waals surface area contributed by atoms with Crippen molar-refractivity contribution in [2.45, 2.75) is 37.5 Å². The lowest BCUT2D eigenvalue weighted by Crippen LogP contribution is -2.31. The molecule has 0 radical (unpaired) electrons. The minimum atomic E-state index is -3.46. The molecule has 1 aliphatic carbocycles. The number of nitrogens with one attached hydrogen (secondary N) is 1. The van der Waals surface area contributed by atoms with Gasteiger partial charge in [0.25, 0.3) is 0 Å². The second kappa shape index (κ2) is 7.11. The van der Waals surface area contributed by atoms with E-state index in [4.69, 9.17) is 4.74 Å². The minimum Gasteiger partial charge on any atom is -0.496 e. The van der Waals surface area contributed by atoms with E-state index in [0.29, 0.717) is 28.6 Å². The zero-order valence-corrected chi connectivity index (χ0v) is 14.8. The fourth-order valence-corrected chi connectivity index (χ4v) is 4.70. The van der Waals surface area contributed by atoms with Crippen molar-refractivity contribution in [2.75, 3.05) is 13.7 Å². The van der Waals surface area contributed by atoms with Gasteiger partial charge < -0.3 is 4.74 Å². The summed E-state index contributed by atoms with van der Waals surface area (Å²) in [5.74, 6) is 1.77. The predicted molar refractivity (Wildman–Crippen MR) is 87.0 cm³/mol. The highest BCUT2D eigenvalue weighted by Gasteiger charge is 2.22. The molecule has 1 saturated carbocycles. The molecule has 4 nitrogen and oxygen atoms in total. The fraction of sp³-hybridized carbons (Fsp3) is 0.600. The van der Waals surface area contributed by atoms with Crippen LogP contribution in [0, 0.1) is 11.8 Å². The van der Waals surface area contributed by atoms with Crippen molar-refractivity contribution in [1.29, 1.82) is 0 Å². The van der Waals surface area contributed by atoms with E-state index in [0.717, 1.165) is 12.8 Å². The van der Waals surface area contributed by atoms with Crippen LogP contribution in [-0.2, 0) is 10.0 Å². The Morgan fingerprint density at radius 2 is 2.14 bits per heavy atom. The molecule has 1 N–H and O–H groups in total. The van der Waals surface area contributed by atoms with Gasteiger partial charge in [0.2, 0.25) is 10.0 Å². The van der Waals surface area contributed by atoms with Crippen molar-refractivity contribution in [1.82, 2.24) is 4.72 Å². The number of benzene rings is 1. The molecule has 6 heteroatoms. The average Bonchev–Trinajstić information content (AvgIpc) is 2.45. The largest absolute Gasteiger partial charge is 0.496 e. The Bertz CT molecular complexity index is 589. The molecule has 0 saturated heterocycles. The summed E-state index contributed by atoms with van der Waals surface area (Å²) in [7, 11) is -1.91. The molecule has 0 amide bonds. The third-order valence-electron chi connectivity index (χ3n) is 4.04. The van der Waals surface area contributed by atoms with Crippen LogP contribution in [0.15, 0.2) is 27.6 Å². The Labute approximate surface area is 135 Å². The van der Waals surface area contributed by atoms with Crippen molar-refractivity contribution >= 4 is 26.0 Å². The number of methoxy groups -OCH3 is 1. The monoisotopic (exact) mass is 375 g/mol. The molecule has 1 fully saturated rings. The fourth-order valence-electron chi connectivity index (χ4n) is 2.87. The SMILES string of the molecule is COc1ccc(S(=O)(=O)NCC2CCCC(C)C2)cc1Br. The molecule has 0 aromatic heterocycles. The Balaban J connectivity index is 2.02. The van der Waals surface area contributed by atoms with Gasteiger partial charge >= 0.3 is 0 Å². The van der Waals surface area contributed by atoms with Crippen molar-refractivity contribution in [3.05, 3.63) is 22.7 Å². The maximum absolute atomic E-state index is 12.3. The average molecular weight is 376 g/mol. The molecule has 21 heavy (non-hydrogen) atoms. The Kier molecular flexibility index (Phi) is 5.68. The lowest BCUT2D eigenvalue weighted by atomic mass is 9.83. The zero-order valence-electron chi connectivity index (χ0n) is 12.4. The minimum absolute atomic E-state index is 0.263. The third-order valence-corrected chi connectivity index (χ3v) is 6.08. The highest BCUT2D eigenvalue weighted by atomic mass is 79.9. The molecule has 2 rings (SSSR count). The van der Waals surface area contributed by atoms with Gasteiger partial charge in [-0.05, 0) is 58.8 Å². The normalized spacial score (nSPS) is 23.0.